The van der Waals surface area contributed by atoms with E-state index < -0.39 is 6.04 Å². The van der Waals surface area contributed by atoms with Crippen LogP contribution in [0.5, 0.6) is 0 Å². The van der Waals surface area contributed by atoms with Crippen LogP contribution in [0.25, 0.3) is 0 Å². The highest BCUT2D eigenvalue weighted by molar-refractivity contribution is 6.00. The molecule has 0 saturated carbocycles. The fourth-order valence-corrected chi connectivity index (χ4v) is 2.73. The first-order chi connectivity index (χ1) is 10.4. The van der Waals surface area contributed by atoms with Gasteiger partial charge in [0.1, 0.15) is 6.04 Å². The van der Waals surface area contributed by atoms with Gasteiger partial charge in [-0.05, 0) is 30.4 Å². The molecule has 0 fully saturated rings. The van der Waals surface area contributed by atoms with Crippen LogP contribution in [0.15, 0.2) is 24.3 Å². The van der Waals surface area contributed by atoms with E-state index >= 15 is 0 Å². The monoisotopic (exact) mass is 303 g/mol. The van der Waals surface area contributed by atoms with Crippen molar-refractivity contribution in [3.63, 3.8) is 0 Å². The van der Waals surface area contributed by atoms with E-state index in [9.17, 15) is 9.59 Å². The number of carbonyl (C=O) groups excluding carboxylic acids is 2. The Morgan fingerprint density at radius 2 is 1.95 bits per heavy atom. The Bertz CT molecular complexity index is 555. The molecule has 0 spiro atoms. The van der Waals surface area contributed by atoms with Gasteiger partial charge in [-0.25, -0.2) is 4.79 Å². The molecule has 2 rings (SSSR count). The minimum atomic E-state index is -0.485. The molecule has 1 aromatic rings. The average Bonchev–Trinajstić information content (AvgIpc) is 2.89. The molecule has 0 unspecified atom stereocenters. The third-order valence-electron chi connectivity index (χ3n) is 3.86. The fourth-order valence-electron chi connectivity index (χ4n) is 2.73. The number of carbonyl (C=O) groups is 2. The van der Waals surface area contributed by atoms with E-state index in [2.05, 4.69) is 25.2 Å². The Labute approximate surface area is 132 Å². The molecule has 0 radical (unpaired) electrons. The Balaban J connectivity index is 2.17. The predicted octanol–water partition coefficient (Wildman–Crippen LogP) is 2.26. The van der Waals surface area contributed by atoms with Gasteiger partial charge in [-0.1, -0.05) is 32.0 Å². The van der Waals surface area contributed by atoms with Crippen molar-refractivity contribution in [1.82, 2.24) is 10.2 Å². The number of anilines is 1. The highest BCUT2D eigenvalue weighted by Gasteiger charge is 2.31. The Morgan fingerprint density at radius 3 is 2.59 bits per heavy atom. The molecule has 1 aromatic carbocycles. The van der Waals surface area contributed by atoms with Crippen molar-refractivity contribution in [3.05, 3.63) is 29.8 Å². The first-order valence-electron chi connectivity index (χ1n) is 7.77. The van der Waals surface area contributed by atoms with E-state index in [1.165, 1.54) is 10.5 Å². The lowest BCUT2D eigenvalue weighted by atomic mass is 10.0. The van der Waals surface area contributed by atoms with Gasteiger partial charge in [0.25, 0.3) is 0 Å². The second-order valence-corrected chi connectivity index (χ2v) is 6.39. The van der Waals surface area contributed by atoms with Gasteiger partial charge in [-0.3, -0.25) is 4.79 Å². The average molecular weight is 303 g/mol. The van der Waals surface area contributed by atoms with Crippen molar-refractivity contribution in [2.45, 2.75) is 32.7 Å². The first kappa shape index (κ1) is 16.3. The predicted molar refractivity (Wildman–Crippen MR) is 88.0 cm³/mol. The Kier molecular flexibility index (Phi) is 5.06. The summed E-state index contributed by atoms with van der Waals surface area (Å²) in [5, 5.41) is 2.85. The normalized spacial score (nSPS) is 14.7. The highest BCUT2D eigenvalue weighted by atomic mass is 16.2. The highest BCUT2D eigenvalue weighted by Crippen LogP contribution is 2.28. The number of benzene rings is 1. The Hall–Kier alpha value is -2.04. The van der Waals surface area contributed by atoms with E-state index in [4.69, 9.17) is 0 Å². The molecule has 1 atom stereocenters. The summed E-state index contributed by atoms with van der Waals surface area (Å²) in [6.45, 7) is 4.80. The summed E-state index contributed by atoms with van der Waals surface area (Å²) < 4.78 is 0. The lowest BCUT2D eigenvalue weighted by Gasteiger charge is -2.27. The van der Waals surface area contributed by atoms with Crippen molar-refractivity contribution in [1.29, 1.82) is 0 Å². The summed E-state index contributed by atoms with van der Waals surface area (Å²) in [5.41, 5.74) is 2.17. The number of urea groups is 1. The molecule has 22 heavy (non-hydrogen) atoms. The SMILES string of the molecule is CC(C)C[C@H](NC(=O)N(C)C)C(=O)N1CCc2ccccc21. The van der Waals surface area contributed by atoms with Gasteiger partial charge in [-0.2, -0.15) is 0 Å². The molecular weight excluding hydrogens is 278 g/mol. The molecule has 3 amide bonds. The van der Waals surface area contributed by atoms with Crippen LogP contribution in [0.2, 0.25) is 0 Å². The van der Waals surface area contributed by atoms with Crippen LogP contribution < -0.4 is 10.2 Å². The van der Waals surface area contributed by atoms with Gasteiger partial charge in [-0.15, -0.1) is 0 Å². The van der Waals surface area contributed by atoms with Crippen molar-refractivity contribution < 1.29 is 9.59 Å². The molecule has 0 aromatic heterocycles. The molecule has 1 heterocycles. The third-order valence-corrected chi connectivity index (χ3v) is 3.86. The van der Waals surface area contributed by atoms with Crippen LogP contribution in [0.1, 0.15) is 25.8 Å². The molecular formula is C17H25N3O2. The summed E-state index contributed by atoms with van der Waals surface area (Å²) in [5.74, 6) is 0.308. The van der Waals surface area contributed by atoms with Gasteiger partial charge >= 0.3 is 6.03 Å². The molecule has 1 aliphatic rings. The topological polar surface area (TPSA) is 52.7 Å². The standard InChI is InChI=1S/C17H25N3O2/c1-12(2)11-14(18-17(22)19(3)4)16(21)20-10-9-13-7-5-6-8-15(13)20/h5-8,12,14H,9-11H2,1-4H3,(H,18,22)/t14-/m0/s1. The van der Waals surface area contributed by atoms with Crippen LogP contribution in [0, 0.1) is 5.92 Å². The van der Waals surface area contributed by atoms with Crippen molar-refractivity contribution in [2.75, 3.05) is 25.5 Å². The molecule has 0 saturated heterocycles. The first-order valence-corrected chi connectivity index (χ1v) is 7.77. The van der Waals surface area contributed by atoms with Crippen molar-refractivity contribution >= 4 is 17.6 Å². The lowest BCUT2D eigenvalue weighted by molar-refractivity contribution is -0.120. The largest absolute Gasteiger partial charge is 0.331 e. The van der Waals surface area contributed by atoms with Crippen LogP contribution >= 0.6 is 0 Å². The van der Waals surface area contributed by atoms with E-state index in [0.29, 0.717) is 18.9 Å². The zero-order valence-corrected chi connectivity index (χ0v) is 13.8. The maximum Gasteiger partial charge on any atom is 0.317 e. The molecule has 1 N–H and O–H groups in total. The number of para-hydroxylation sites is 1. The number of rotatable bonds is 4. The van der Waals surface area contributed by atoms with Gasteiger partial charge < -0.3 is 15.1 Å². The van der Waals surface area contributed by atoms with Crippen LogP contribution in [-0.4, -0.2) is 43.5 Å². The second kappa shape index (κ2) is 6.81. The number of hydrogen-bond donors (Lipinski definition) is 1. The summed E-state index contributed by atoms with van der Waals surface area (Å²) in [6, 6.07) is 7.25. The summed E-state index contributed by atoms with van der Waals surface area (Å²) in [6.07, 6.45) is 1.51. The quantitative estimate of drug-likeness (QED) is 0.927. The summed E-state index contributed by atoms with van der Waals surface area (Å²) >= 11 is 0. The number of nitrogens with one attached hydrogen (secondary N) is 1. The van der Waals surface area contributed by atoms with Crippen LogP contribution in [-0.2, 0) is 11.2 Å². The van der Waals surface area contributed by atoms with Crippen LogP contribution in [0.3, 0.4) is 0 Å². The van der Waals surface area contributed by atoms with E-state index in [1.54, 1.807) is 19.0 Å². The van der Waals surface area contributed by atoms with Gasteiger partial charge in [0.15, 0.2) is 0 Å². The number of hydrogen-bond acceptors (Lipinski definition) is 2. The molecule has 5 heteroatoms. The summed E-state index contributed by atoms with van der Waals surface area (Å²) in [4.78, 5) is 28.1. The fraction of sp³-hybridized carbons (Fsp3) is 0.529. The maximum atomic E-state index is 12.9. The van der Waals surface area contributed by atoms with Gasteiger partial charge in [0, 0.05) is 26.3 Å². The van der Waals surface area contributed by atoms with Crippen LogP contribution in [0.4, 0.5) is 10.5 Å². The smallest absolute Gasteiger partial charge is 0.317 e. The lowest BCUT2D eigenvalue weighted by Crippen LogP contribution is -2.51. The molecule has 120 valence electrons. The second-order valence-electron chi connectivity index (χ2n) is 6.39. The molecule has 1 aliphatic heterocycles. The number of nitrogens with zero attached hydrogens (tertiary/aromatic N) is 2. The van der Waals surface area contributed by atoms with E-state index in [-0.39, 0.29) is 11.9 Å². The Morgan fingerprint density at radius 1 is 1.27 bits per heavy atom. The van der Waals surface area contributed by atoms with Gasteiger partial charge in [0.05, 0.1) is 0 Å². The zero-order valence-electron chi connectivity index (χ0n) is 13.8. The minimum absolute atomic E-state index is 0.0196. The molecule has 5 nitrogen and oxygen atoms in total. The van der Waals surface area contributed by atoms with E-state index in [0.717, 1.165) is 12.1 Å². The number of amides is 3. The third kappa shape index (κ3) is 3.59. The minimum Gasteiger partial charge on any atom is -0.331 e. The summed E-state index contributed by atoms with van der Waals surface area (Å²) in [7, 11) is 3.36. The zero-order chi connectivity index (χ0) is 16.3. The van der Waals surface area contributed by atoms with Crippen molar-refractivity contribution in [3.8, 4) is 0 Å². The molecule has 0 bridgehead atoms. The van der Waals surface area contributed by atoms with E-state index in [1.807, 2.05) is 18.2 Å². The molecule has 0 aliphatic carbocycles. The van der Waals surface area contributed by atoms with Gasteiger partial charge in [0.2, 0.25) is 5.91 Å². The maximum absolute atomic E-state index is 12.9. The number of fused-ring (bicyclic) bond motifs is 1. The van der Waals surface area contributed by atoms with Crippen molar-refractivity contribution in [2.24, 2.45) is 5.92 Å².